The predicted molar refractivity (Wildman–Crippen MR) is 102 cm³/mol. The predicted octanol–water partition coefficient (Wildman–Crippen LogP) is -2.40. The van der Waals surface area contributed by atoms with E-state index in [0.29, 0.717) is 0 Å². The van der Waals surface area contributed by atoms with Gasteiger partial charge in [0.15, 0.2) is 0 Å². The number of carbonyl (C=O) groups excluding carboxylic acids is 3. The van der Waals surface area contributed by atoms with Crippen molar-refractivity contribution in [1.29, 1.82) is 0 Å². The summed E-state index contributed by atoms with van der Waals surface area (Å²) in [5.41, 5.74) is 5.48. The van der Waals surface area contributed by atoms with Crippen molar-refractivity contribution in [3.8, 4) is 0 Å². The molecule has 0 heterocycles. The largest absolute Gasteiger partial charge is 0.481 e. The minimum atomic E-state index is -1.43. The first kappa shape index (κ1) is 25.0. The number of hydrogen-bond acceptors (Lipinski definition) is 8. The van der Waals surface area contributed by atoms with Crippen LogP contribution in [0.25, 0.3) is 0 Å². The molecule has 0 saturated carbocycles. The number of nitrogens with two attached hydrogens (primary N) is 1. The Hall–Kier alpha value is -1.99. The van der Waals surface area contributed by atoms with Crippen molar-refractivity contribution < 1.29 is 34.2 Å². The van der Waals surface area contributed by atoms with Crippen molar-refractivity contribution in [2.45, 2.75) is 43.9 Å². The van der Waals surface area contributed by atoms with Crippen LogP contribution in [0.4, 0.5) is 0 Å². The molecule has 11 nitrogen and oxygen atoms in total. The van der Waals surface area contributed by atoms with Gasteiger partial charge in [-0.1, -0.05) is 0 Å². The number of carbonyl (C=O) groups is 5. The molecule has 7 N–H and O–H groups in total. The molecular weight excluding hydrogens is 400 g/mol. The Morgan fingerprint density at radius 3 is 1.89 bits per heavy atom. The van der Waals surface area contributed by atoms with Crippen LogP contribution in [0.1, 0.15) is 19.8 Å². The van der Waals surface area contributed by atoms with Crippen molar-refractivity contribution in [2.24, 2.45) is 5.73 Å². The van der Waals surface area contributed by atoms with E-state index in [4.69, 9.17) is 15.9 Å². The summed E-state index contributed by atoms with van der Waals surface area (Å²) in [4.78, 5) is 57.6. The van der Waals surface area contributed by atoms with E-state index in [2.05, 4.69) is 41.2 Å². The highest BCUT2D eigenvalue weighted by molar-refractivity contribution is 7.80. The Labute approximate surface area is 166 Å². The average Bonchev–Trinajstić information content (AvgIpc) is 2.60. The van der Waals surface area contributed by atoms with Crippen LogP contribution in [-0.4, -0.2) is 75.5 Å². The zero-order valence-corrected chi connectivity index (χ0v) is 16.3. The Bertz CT molecular complexity index is 576. The van der Waals surface area contributed by atoms with Gasteiger partial charge in [0.05, 0.1) is 6.04 Å². The van der Waals surface area contributed by atoms with Crippen LogP contribution in [0.3, 0.4) is 0 Å². The Morgan fingerprint density at radius 2 is 1.44 bits per heavy atom. The molecule has 27 heavy (non-hydrogen) atoms. The van der Waals surface area contributed by atoms with Gasteiger partial charge >= 0.3 is 11.9 Å². The maximum atomic E-state index is 12.2. The fraction of sp³-hybridized carbons (Fsp3) is 0.643. The molecule has 3 amide bonds. The van der Waals surface area contributed by atoms with E-state index in [9.17, 15) is 24.0 Å². The lowest BCUT2D eigenvalue weighted by molar-refractivity contribution is -0.143. The first-order valence-corrected chi connectivity index (χ1v) is 9.12. The van der Waals surface area contributed by atoms with Crippen LogP contribution in [0.2, 0.25) is 0 Å². The van der Waals surface area contributed by atoms with Gasteiger partial charge in [0.1, 0.15) is 18.1 Å². The van der Waals surface area contributed by atoms with Crippen LogP contribution < -0.4 is 21.7 Å². The van der Waals surface area contributed by atoms with Gasteiger partial charge in [0.2, 0.25) is 17.7 Å². The van der Waals surface area contributed by atoms with Crippen LogP contribution in [-0.2, 0) is 24.0 Å². The number of amides is 3. The molecule has 0 radical (unpaired) electrons. The lowest BCUT2D eigenvalue weighted by Crippen LogP contribution is -2.57. The van der Waals surface area contributed by atoms with Gasteiger partial charge in [-0.05, 0) is 13.3 Å². The molecule has 4 unspecified atom stereocenters. The van der Waals surface area contributed by atoms with Gasteiger partial charge in [-0.25, -0.2) is 4.79 Å². The lowest BCUT2D eigenvalue weighted by Gasteiger charge is -2.22. The van der Waals surface area contributed by atoms with Gasteiger partial charge in [0, 0.05) is 17.9 Å². The molecule has 0 aliphatic carbocycles. The third-order valence-corrected chi connectivity index (χ3v) is 4.12. The summed E-state index contributed by atoms with van der Waals surface area (Å²) in [6.07, 6.45) is -0.776. The van der Waals surface area contributed by atoms with E-state index in [1.54, 1.807) is 0 Å². The molecule has 0 bridgehead atoms. The maximum absolute atomic E-state index is 12.2. The monoisotopic (exact) mass is 424 g/mol. The molecule has 0 saturated heterocycles. The highest BCUT2D eigenvalue weighted by Crippen LogP contribution is 2.00. The Balaban J connectivity index is 4.81. The molecule has 0 aliphatic heterocycles. The average molecular weight is 425 g/mol. The molecule has 0 aromatic rings. The molecular formula is C14H24N4O7S2. The highest BCUT2D eigenvalue weighted by atomic mass is 32.1. The first-order valence-electron chi connectivity index (χ1n) is 7.86. The zero-order chi connectivity index (χ0) is 21.1. The summed E-state index contributed by atoms with van der Waals surface area (Å²) in [6, 6.07) is -4.54. The normalized spacial score (nSPS) is 15.0. The SMILES string of the molecule is CC(NC(=O)C(N)CS)C(=O)NC(CS)C(=O)NC(CCC(=O)O)C(=O)O. The fourth-order valence-corrected chi connectivity index (χ4v) is 2.18. The second-order valence-corrected chi connectivity index (χ2v) is 6.33. The number of nitrogens with one attached hydrogen (secondary N) is 3. The third kappa shape index (κ3) is 9.49. The van der Waals surface area contributed by atoms with Crippen LogP contribution >= 0.6 is 25.3 Å². The number of hydrogen-bond donors (Lipinski definition) is 8. The van der Waals surface area contributed by atoms with E-state index < -0.39 is 60.2 Å². The second kappa shape index (κ2) is 12.4. The number of thiol groups is 2. The van der Waals surface area contributed by atoms with E-state index in [1.807, 2.05) is 0 Å². The Kier molecular flexibility index (Phi) is 11.5. The number of carboxylic acid groups (broad SMARTS) is 2. The van der Waals surface area contributed by atoms with Gasteiger partial charge in [-0.3, -0.25) is 19.2 Å². The first-order chi connectivity index (χ1) is 12.5. The number of carboxylic acids is 2. The van der Waals surface area contributed by atoms with Crippen molar-refractivity contribution in [2.75, 3.05) is 11.5 Å². The van der Waals surface area contributed by atoms with E-state index in [1.165, 1.54) is 6.92 Å². The number of rotatable bonds is 12. The molecule has 0 spiro atoms. The maximum Gasteiger partial charge on any atom is 0.326 e. The van der Waals surface area contributed by atoms with Crippen LogP contribution in [0.15, 0.2) is 0 Å². The van der Waals surface area contributed by atoms with Crippen molar-refractivity contribution in [1.82, 2.24) is 16.0 Å². The smallest absolute Gasteiger partial charge is 0.326 e. The summed E-state index contributed by atoms with van der Waals surface area (Å²) in [7, 11) is 0. The minimum Gasteiger partial charge on any atom is -0.481 e. The van der Waals surface area contributed by atoms with Crippen molar-refractivity contribution in [3.05, 3.63) is 0 Å². The fourth-order valence-electron chi connectivity index (χ4n) is 1.76. The van der Waals surface area contributed by atoms with E-state index in [0.717, 1.165) is 0 Å². The highest BCUT2D eigenvalue weighted by Gasteiger charge is 2.28. The third-order valence-electron chi connectivity index (χ3n) is 3.36. The van der Waals surface area contributed by atoms with Crippen molar-refractivity contribution in [3.63, 3.8) is 0 Å². The van der Waals surface area contributed by atoms with Gasteiger partial charge in [-0.2, -0.15) is 25.3 Å². The van der Waals surface area contributed by atoms with Crippen molar-refractivity contribution >= 4 is 54.9 Å². The molecule has 4 atom stereocenters. The van der Waals surface area contributed by atoms with Gasteiger partial charge in [-0.15, -0.1) is 0 Å². The molecule has 0 fully saturated rings. The van der Waals surface area contributed by atoms with E-state index in [-0.39, 0.29) is 17.9 Å². The second-order valence-electron chi connectivity index (χ2n) is 5.59. The summed E-state index contributed by atoms with van der Waals surface area (Å²) >= 11 is 7.81. The standard InChI is InChI=1S/C14H24N4O7S2/c1-6(16-12(22)7(15)4-26)11(21)18-9(5-27)13(23)17-8(14(24)25)2-3-10(19)20/h6-9,26-27H,2-5,15H2,1H3,(H,16,22)(H,17,23)(H,18,21)(H,19,20)(H,24,25). The molecule has 0 aliphatic rings. The Morgan fingerprint density at radius 1 is 0.889 bits per heavy atom. The summed E-state index contributed by atoms with van der Waals surface area (Å²) < 4.78 is 0. The lowest BCUT2D eigenvalue weighted by atomic mass is 10.1. The molecule has 13 heteroatoms. The summed E-state index contributed by atoms with van der Waals surface area (Å²) in [5, 5.41) is 24.5. The molecule has 0 aromatic heterocycles. The van der Waals surface area contributed by atoms with Gasteiger partial charge in [0.25, 0.3) is 0 Å². The minimum absolute atomic E-state index is 0.0781. The van der Waals surface area contributed by atoms with Crippen LogP contribution in [0.5, 0.6) is 0 Å². The summed E-state index contributed by atoms with van der Waals surface area (Å²) in [6.45, 7) is 1.37. The molecule has 154 valence electrons. The topological polar surface area (TPSA) is 188 Å². The van der Waals surface area contributed by atoms with Gasteiger partial charge < -0.3 is 31.9 Å². The van der Waals surface area contributed by atoms with Crippen LogP contribution in [0, 0.1) is 0 Å². The quantitative estimate of drug-likeness (QED) is 0.159. The zero-order valence-electron chi connectivity index (χ0n) is 14.5. The number of aliphatic carboxylic acids is 2. The van der Waals surface area contributed by atoms with E-state index >= 15 is 0 Å². The molecule has 0 rings (SSSR count). The summed E-state index contributed by atoms with van der Waals surface area (Å²) in [5.74, 6) is -4.84. The molecule has 0 aromatic carbocycles.